The third-order valence-electron chi connectivity index (χ3n) is 4.00. The summed E-state index contributed by atoms with van der Waals surface area (Å²) in [6.07, 6.45) is 4.22. The van der Waals surface area contributed by atoms with E-state index in [1.54, 1.807) is 12.1 Å². The van der Waals surface area contributed by atoms with Gasteiger partial charge < -0.3 is 9.30 Å². The third-order valence-corrected chi connectivity index (χ3v) is 4.79. The Hall–Kier alpha value is -3.32. The van der Waals surface area contributed by atoms with Crippen molar-refractivity contribution in [2.45, 2.75) is 13.5 Å². The molecule has 0 aliphatic rings. The van der Waals surface area contributed by atoms with Gasteiger partial charge in [-0.3, -0.25) is 4.79 Å². The molecule has 0 saturated heterocycles. The van der Waals surface area contributed by atoms with Gasteiger partial charge in [0.1, 0.15) is 5.82 Å². The van der Waals surface area contributed by atoms with Gasteiger partial charge in [-0.05, 0) is 24.6 Å². The van der Waals surface area contributed by atoms with E-state index in [1.165, 1.54) is 35.1 Å². The van der Waals surface area contributed by atoms with E-state index in [4.69, 9.17) is 4.74 Å². The highest BCUT2D eigenvalue weighted by Gasteiger charge is 2.06. The predicted octanol–water partition coefficient (Wildman–Crippen LogP) is 3.73. The molecule has 5 nitrogen and oxygen atoms in total. The van der Waals surface area contributed by atoms with Gasteiger partial charge in [-0.2, -0.15) is 4.99 Å². The summed E-state index contributed by atoms with van der Waals surface area (Å²) in [6, 6.07) is 14.1. The molecule has 0 atom stereocenters. The summed E-state index contributed by atoms with van der Waals surface area (Å²) in [4.78, 5) is 28.3. The van der Waals surface area contributed by atoms with Crippen LogP contribution in [0.25, 0.3) is 6.08 Å². The van der Waals surface area contributed by atoms with Crippen LogP contribution >= 0.6 is 11.3 Å². The fourth-order valence-electron chi connectivity index (χ4n) is 2.49. The first-order valence-electron chi connectivity index (χ1n) is 8.87. The lowest BCUT2D eigenvalue weighted by molar-refractivity contribution is -0.142. The first-order valence-corrected chi connectivity index (χ1v) is 9.75. The molecule has 0 radical (unpaired) electrons. The average Bonchev–Trinajstić information content (AvgIpc) is 3.14. The van der Waals surface area contributed by atoms with Crippen LogP contribution in [0.4, 0.5) is 4.39 Å². The number of hydrogen-bond acceptors (Lipinski definition) is 4. The van der Waals surface area contributed by atoms with E-state index in [1.807, 2.05) is 47.3 Å². The van der Waals surface area contributed by atoms with E-state index in [9.17, 15) is 14.0 Å². The van der Waals surface area contributed by atoms with Gasteiger partial charge in [-0.15, -0.1) is 11.3 Å². The number of amides is 1. The molecular weight excluding hydrogens is 391 g/mol. The van der Waals surface area contributed by atoms with Crippen LogP contribution in [0.15, 0.2) is 71.2 Å². The number of carbonyl (C=O) groups excluding carboxylic acids is 2. The first-order chi connectivity index (χ1) is 14.0. The van der Waals surface area contributed by atoms with E-state index < -0.39 is 24.3 Å². The van der Waals surface area contributed by atoms with Gasteiger partial charge in [-0.25, -0.2) is 9.18 Å². The Balaban J connectivity index is 1.58. The number of ether oxygens (including phenoxy) is 1. The molecule has 3 rings (SSSR count). The van der Waals surface area contributed by atoms with Crippen LogP contribution in [0.3, 0.4) is 0 Å². The largest absolute Gasteiger partial charge is 0.452 e. The number of rotatable bonds is 6. The van der Waals surface area contributed by atoms with Gasteiger partial charge in [0.2, 0.25) is 0 Å². The Kier molecular flexibility index (Phi) is 6.86. The molecule has 1 aromatic heterocycles. The highest BCUT2D eigenvalue weighted by atomic mass is 32.1. The molecule has 0 fully saturated rings. The zero-order valence-electron chi connectivity index (χ0n) is 15.7. The first kappa shape index (κ1) is 20.4. The van der Waals surface area contributed by atoms with Crippen LogP contribution in [0.2, 0.25) is 0 Å². The summed E-state index contributed by atoms with van der Waals surface area (Å²) in [5, 5.41) is 1.84. The molecular formula is C22H19FN2O3S. The van der Waals surface area contributed by atoms with Gasteiger partial charge >= 0.3 is 5.97 Å². The Morgan fingerprint density at radius 2 is 1.93 bits per heavy atom. The lowest BCUT2D eigenvalue weighted by Crippen LogP contribution is -2.19. The minimum Gasteiger partial charge on any atom is -0.452 e. The van der Waals surface area contributed by atoms with Crippen molar-refractivity contribution in [3.05, 3.63) is 93.5 Å². The third kappa shape index (κ3) is 6.08. The topological polar surface area (TPSA) is 60.7 Å². The summed E-state index contributed by atoms with van der Waals surface area (Å²) in [5.74, 6) is -1.76. The lowest BCUT2D eigenvalue weighted by Gasteiger charge is -2.04. The van der Waals surface area contributed by atoms with Crippen LogP contribution in [0.1, 0.15) is 16.7 Å². The van der Waals surface area contributed by atoms with Crippen LogP contribution in [0.5, 0.6) is 0 Å². The smallest absolute Gasteiger partial charge is 0.331 e. The zero-order chi connectivity index (χ0) is 20.6. The number of aryl methyl sites for hydroxylation is 1. The number of aromatic nitrogens is 1. The second kappa shape index (κ2) is 9.75. The maximum Gasteiger partial charge on any atom is 0.331 e. The Bertz CT molecular complexity index is 1100. The number of nitrogens with zero attached hydrogens (tertiary/aromatic N) is 2. The van der Waals surface area contributed by atoms with Gasteiger partial charge in [0.15, 0.2) is 11.4 Å². The molecule has 0 aliphatic carbocycles. The van der Waals surface area contributed by atoms with Crippen LogP contribution in [-0.4, -0.2) is 23.1 Å². The number of thiazole rings is 1. The SMILES string of the molecule is Cc1ccc(Cn2ccsc2=NC(=O)COC(=O)/C=C/c2ccccc2F)cc1. The quantitative estimate of drug-likeness (QED) is 0.460. The van der Waals surface area contributed by atoms with Crippen LogP contribution in [0, 0.1) is 12.7 Å². The van der Waals surface area contributed by atoms with Crippen molar-refractivity contribution >= 4 is 29.3 Å². The van der Waals surface area contributed by atoms with E-state index in [0.29, 0.717) is 11.3 Å². The minimum absolute atomic E-state index is 0.260. The van der Waals surface area contributed by atoms with Crippen molar-refractivity contribution in [1.29, 1.82) is 0 Å². The summed E-state index contributed by atoms with van der Waals surface area (Å²) in [5.41, 5.74) is 2.53. The Morgan fingerprint density at radius 1 is 1.17 bits per heavy atom. The molecule has 0 spiro atoms. The Labute approximate surface area is 171 Å². The molecule has 0 N–H and O–H groups in total. The number of hydrogen-bond donors (Lipinski definition) is 0. The fraction of sp³-hybridized carbons (Fsp3) is 0.136. The summed E-state index contributed by atoms with van der Waals surface area (Å²) in [7, 11) is 0. The molecule has 148 valence electrons. The van der Waals surface area contributed by atoms with Crippen molar-refractivity contribution in [3.63, 3.8) is 0 Å². The number of halogens is 1. The zero-order valence-corrected chi connectivity index (χ0v) is 16.6. The molecule has 7 heteroatoms. The van der Waals surface area contributed by atoms with Gasteiger partial charge in [-0.1, -0.05) is 48.0 Å². The molecule has 29 heavy (non-hydrogen) atoms. The van der Waals surface area contributed by atoms with E-state index in [2.05, 4.69) is 4.99 Å². The van der Waals surface area contributed by atoms with Crippen molar-refractivity contribution < 1.29 is 18.7 Å². The Morgan fingerprint density at radius 3 is 2.69 bits per heavy atom. The summed E-state index contributed by atoms with van der Waals surface area (Å²) >= 11 is 1.32. The highest BCUT2D eigenvalue weighted by molar-refractivity contribution is 7.07. The van der Waals surface area contributed by atoms with Crippen LogP contribution in [-0.2, 0) is 20.9 Å². The molecule has 0 saturated carbocycles. The molecule has 1 heterocycles. The normalized spacial score (nSPS) is 11.7. The van der Waals surface area contributed by atoms with Gasteiger partial charge in [0.05, 0.1) is 0 Å². The summed E-state index contributed by atoms with van der Waals surface area (Å²) in [6.45, 7) is 2.12. The van der Waals surface area contributed by atoms with Crippen molar-refractivity contribution in [2.24, 2.45) is 4.99 Å². The standard InChI is InChI=1S/C22H19FN2O3S/c1-16-6-8-17(9-7-16)14-25-12-13-29-22(25)24-20(26)15-28-21(27)11-10-18-4-2-3-5-19(18)23/h2-13H,14-15H2,1H3/b11-10+,24-22?. The number of carbonyl (C=O) groups is 2. The number of benzene rings is 2. The minimum atomic E-state index is -0.740. The second-order valence-corrected chi connectivity index (χ2v) is 7.14. The van der Waals surface area contributed by atoms with Crippen molar-refractivity contribution in [3.8, 4) is 0 Å². The molecule has 1 amide bonds. The molecule has 3 aromatic rings. The molecule has 0 unspecified atom stereocenters. The lowest BCUT2D eigenvalue weighted by atomic mass is 10.1. The fourth-order valence-corrected chi connectivity index (χ4v) is 3.23. The van der Waals surface area contributed by atoms with E-state index >= 15 is 0 Å². The molecule has 0 bridgehead atoms. The average molecular weight is 410 g/mol. The maximum atomic E-state index is 13.5. The predicted molar refractivity (Wildman–Crippen MR) is 110 cm³/mol. The van der Waals surface area contributed by atoms with Gasteiger partial charge in [0.25, 0.3) is 5.91 Å². The van der Waals surface area contributed by atoms with E-state index in [-0.39, 0.29) is 5.56 Å². The van der Waals surface area contributed by atoms with Crippen molar-refractivity contribution in [1.82, 2.24) is 4.57 Å². The second-order valence-electron chi connectivity index (χ2n) is 6.27. The van der Waals surface area contributed by atoms with Crippen LogP contribution < -0.4 is 4.80 Å². The van der Waals surface area contributed by atoms with Gasteiger partial charge in [0, 0.05) is 29.8 Å². The van der Waals surface area contributed by atoms with E-state index in [0.717, 1.165) is 11.6 Å². The molecule has 0 aliphatic heterocycles. The summed E-state index contributed by atoms with van der Waals surface area (Å²) < 4.78 is 20.2. The molecule has 2 aromatic carbocycles. The maximum absolute atomic E-state index is 13.5. The van der Waals surface area contributed by atoms with Crippen molar-refractivity contribution in [2.75, 3.05) is 6.61 Å². The number of esters is 1. The highest BCUT2D eigenvalue weighted by Crippen LogP contribution is 2.08. The monoisotopic (exact) mass is 410 g/mol.